The zero-order valence-electron chi connectivity index (χ0n) is 45.1. The maximum absolute atomic E-state index is 14.5. The molecule has 22 nitrogen and oxygen atoms in total. The Bertz CT molecular complexity index is 2250. The average Bonchev–Trinajstić information content (AvgIpc) is 3.35. The van der Waals surface area contributed by atoms with E-state index in [0.717, 1.165) is 10.5 Å². The number of nitrogens with zero attached hydrogens (tertiary/aromatic N) is 2. The van der Waals surface area contributed by atoms with Crippen molar-refractivity contribution in [1.82, 2.24) is 36.8 Å². The standard InChI is InChI=1S/C53H82N10O12/c1-12-30(4)27-41-50(70)62-44(52(73)74)34(8)46(66)58-38(19-16-24-56-53(54)55)48(68)57-37(21-20-31(5)26-32(6)42(75-11)28-36-17-14-13-15-18-36)33(7)45(65)59-39(51(71)72)22-23-43(64)63(10)35(9)47(67)60-40(25-29(2)3)49(69)61-41/h13-15,17-18,20-21,26,29-30,32-34,37-42,44H,9,12,16,19,22-25,27-28H2,1-8,10-11H3,(H,57,68)(H,58,66)(H,59,65)(H,60,67)(H,61,69)(H,62,70)(H,71,72)(H,73,74)(H4,54,55,56)/b21-20+,31-26+/t30-,32-,33-,34-,37-,38-,39+,40+,41-,42-,44+/m0/s1. The van der Waals surface area contributed by atoms with Crippen molar-refractivity contribution in [2.24, 2.45) is 46.0 Å². The summed E-state index contributed by atoms with van der Waals surface area (Å²) in [5.74, 6) is -12.6. The van der Waals surface area contributed by atoms with Crippen LogP contribution in [-0.4, -0.2) is 137 Å². The third-order valence-corrected chi connectivity index (χ3v) is 13.2. The topological polar surface area (TPSA) is 343 Å². The Hall–Kier alpha value is -7.10. The Morgan fingerprint density at radius 2 is 1.41 bits per heavy atom. The second-order valence-corrected chi connectivity index (χ2v) is 19.8. The van der Waals surface area contributed by atoms with Crippen LogP contribution in [0.15, 0.2) is 71.4 Å². The molecule has 1 aliphatic heterocycles. The van der Waals surface area contributed by atoms with Crippen molar-refractivity contribution in [1.29, 1.82) is 0 Å². The molecule has 7 amide bonds. The van der Waals surface area contributed by atoms with Gasteiger partial charge in [0, 0.05) is 33.0 Å². The maximum Gasteiger partial charge on any atom is 0.327 e. The highest BCUT2D eigenvalue weighted by Gasteiger charge is 2.38. The second kappa shape index (κ2) is 31.6. The van der Waals surface area contributed by atoms with Crippen molar-refractivity contribution in [3.8, 4) is 0 Å². The Balaban J connectivity index is 2.79. The summed E-state index contributed by atoms with van der Waals surface area (Å²) in [5, 5.41) is 36.2. The molecule has 0 radical (unpaired) electrons. The zero-order chi connectivity index (χ0) is 56.7. The first kappa shape index (κ1) is 64.0. The number of rotatable bonds is 18. The zero-order valence-corrected chi connectivity index (χ0v) is 45.1. The van der Waals surface area contributed by atoms with Crippen LogP contribution in [-0.2, 0) is 54.3 Å². The van der Waals surface area contributed by atoms with E-state index in [1.54, 1.807) is 34.0 Å². The highest BCUT2D eigenvalue weighted by Crippen LogP contribution is 2.20. The van der Waals surface area contributed by atoms with Crippen LogP contribution in [0.25, 0.3) is 0 Å². The van der Waals surface area contributed by atoms with E-state index in [-0.39, 0.29) is 62.0 Å². The normalized spacial score (nSPS) is 25.1. The van der Waals surface area contributed by atoms with Gasteiger partial charge in [0.05, 0.1) is 24.0 Å². The van der Waals surface area contributed by atoms with E-state index in [1.807, 2.05) is 57.2 Å². The number of nitrogens with one attached hydrogen (secondary N) is 6. The fourth-order valence-corrected chi connectivity index (χ4v) is 8.13. The molecule has 2 rings (SSSR count). The number of likely N-dealkylation sites (N-methyl/N-ethyl adjacent to an activating group) is 1. The van der Waals surface area contributed by atoms with Crippen LogP contribution in [0.2, 0.25) is 0 Å². The largest absolute Gasteiger partial charge is 0.480 e. The number of aliphatic carboxylic acids is 2. The smallest absolute Gasteiger partial charge is 0.327 e. The molecule has 1 fully saturated rings. The number of amides is 7. The van der Waals surface area contributed by atoms with Gasteiger partial charge in [-0.15, -0.1) is 0 Å². The first-order valence-corrected chi connectivity index (χ1v) is 25.4. The van der Waals surface area contributed by atoms with Gasteiger partial charge in [-0.25, -0.2) is 9.59 Å². The Morgan fingerprint density at radius 1 is 0.827 bits per heavy atom. The Kier molecular flexibility index (Phi) is 27.0. The van der Waals surface area contributed by atoms with Gasteiger partial charge in [0.2, 0.25) is 35.4 Å². The van der Waals surface area contributed by atoms with Gasteiger partial charge in [-0.2, -0.15) is 0 Å². The molecule has 1 aromatic carbocycles. The van der Waals surface area contributed by atoms with Crippen LogP contribution in [0.1, 0.15) is 106 Å². The first-order valence-electron chi connectivity index (χ1n) is 25.4. The molecular formula is C53H82N10O12. The van der Waals surface area contributed by atoms with Crippen LogP contribution in [0, 0.1) is 29.6 Å². The number of benzene rings is 1. The molecule has 0 aromatic heterocycles. The van der Waals surface area contributed by atoms with Gasteiger partial charge in [-0.05, 0) is 62.8 Å². The van der Waals surface area contributed by atoms with E-state index >= 15 is 0 Å². The summed E-state index contributed by atoms with van der Waals surface area (Å²) in [6.45, 7) is 17.4. The van der Waals surface area contributed by atoms with Crippen molar-refractivity contribution >= 4 is 59.2 Å². The van der Waals surface area contributed by atoms with Crippen molar-refractivity contribution in [2.45, 2.75) is 149 Å². The summed E-state index contributed by atoms with van der Waals surface area (Å²) in [6, 6.07) is 1.03. The number of carbonyl (C=O) groups is 9. The van der Waals surface area contributed by atoms with Gasteiger partial charge in [0.15, 0.2) is 5.96 Å². The lowest BCUT2D eigenvalue weighted by Gasteiger charge is -2.29. The summed E-state index contributed by atoms with van der Waals surface area (Å²) < 4.78 is 5.83. The quantitative estimate of drug-likeness (QED) is 0.0331. The van der Waals surface area contributed by atoms with E-state index in [4.69, 9.17) is 16.2 Å². The fraction of sp³-hybridized carbons (Fsp3) is 0.585. The maximum atomic E-state index is 14.5. The molecule has 1 heterocycles. The highest BCUT2D eigenvalue weighted by molar-refractivity contribution is 6.00. The van der Waals surface area contributed by atoms with Crippen molar-refractivity contribution in [3.63, 3.8) is 0 Å². The molecule has 0 unspecified atom stereocenters. The number of carboxylic acids is 2. The van der Waals surface area contributed by atoms with Gasteiger partial charge < -0.3 is 63.2 Å². The predicted molar refractivity (Wildman–Crippen MR) is 283 cm³/mol. The number of carbonyl (C=O) groups excluding carboxylic acids is 7. The summed E-state index contributed by atoms with van der Waals surface area (Å²) >= 11 is 0. The van der Waals surface area contributed by atoms with E-state index < -0.39 is 120 Å². The number of hydrogen-bond donors (Lipinski definition) is 10. The van der Waals surface area contributed by atoms with Crippen LogP contribution in [0.3, 0.4) is 0 Å². The summed E-state index contributed by atoms with van der Waals surface area (Å²) in [7, 11) is 2.85. The van der Waals surface area contributed by atoms with E-state index in [0.29, 0.717) is 18.4 Å². The van der Waals surface area contributed by atoms with Crippen molar-refractivity contribution in [2.75, 3.05) is 20.7 Å². The third-order valence-electron chi connectivity index (χ3n) is 13.2. The number of methoxy groups -OCH3 is 1. The Labute approximate surface area is 440 Å². The minimum absolute atomic E-state index is 0.0242. The molecule has 0 saturated carbocycles. The summed E-state index contributed by atoms with van der Waals surface area (Å²) in [4.78, 5) is 128. The van der Waals surface area contributed by atoms with Gasteiger partial charge >= 0.3 is 11.9 Å². The molecule has 1 saturated heterocycles. The molecule has 22 heteroatoms. The SMILES string of the molecule is C=C1C(=O)N[C@H](CC(C)C)C(=O)N[C@@H](C[C@@H](C)CC)C(=O)N[C@@H](C(=O)O)[C@H](C)C(=O)N[C@@H](CCCN=C(N)N)C(=O)N[C@@H](/C=C/C(C)=C/[C@H](C)[C@H](Cc2ccccc2)OC)[C@H](C)C(=O)N[C@@H](C(=O)O)CCC(=O)N1C. The van der Waals surface area contributed by atoms with Crippen LogP contribution < -0.4 is 43.4 Å². The van der Waals surface area contributed by atoms with Gasteiger partial charge in [0.1, 0.15) is 35.9 Å². The number of allylic oxidation sites excluding steroid dienone is 2. The van der Waals surface area contributed by atoms with Gasteiger partial charge in [-0.3, -0.25) is 38.6 Å². The molecule has 416 valence electrons. The lowest BCUT2D eigenvalue weighted by molar-refractivity contribution is -0.146. The number of carboxylic acid groups (broad SMARTS) is 2. The van der Waals surface area contributed by atoms with Crippen molar-refractivity contribution in [3.05, 3.63) is 72.0 Å². The van der Waals surface area contributed by atoms with Crippen LogP contribution in [0.5, 0.6) is 0 Å². The number of aliphatic imine (C=N–C) groups is 1. The molecule has 0 spiro atoms. The van der Waals surface area contributed by atoms with Gasteiger partial charge in [0.25, 0.3) is 5.91 Å². The van der Waals surface area contributed by atoms with Crippen LogP contribution in [0.4, 0.5) is 0 Å². The minimum atomic E-state index is -1.89. The van der Waals surface area contributed by atoms with E-state index in [9.17, 15) is 53.4 Å². The number of nitrogens with two attached hydrogens (primary N) is 2. The highest BCUT2D eigenvalue weighted by atomic mass is 16.5. The third kappa shape index (κ3) is 21.7. The van der Waals surface area contributed by atoms with E-state index in [2.05, 4.69) is 43.5 Å². The lowest BCUT2D eigenvalue weighted by atomic mass is 9.94. The fourth-order valence-electron chi connectivity index (χ4n) is 8.13. The number of ether oxygens (including phenoxy) is 1. The Morgan fingerprint density at radius 3 is 1.99 bits per heavy atom. The molecule has 12 N–H and O–H groups in total. The monoisotopic (exact) mass is 1050 g/mol. The van der Waals surface area contributed by atoms with Gasteiger partial charge in [-0.1, -0.05) is 116 Å². The predicted octanol–water partition coefficient (Wildman–Crippen LogP) is 2.03. The average molecular weight is 1050 g/mol. The molecular weight excluding hydrogens is 969 g/mol. The molecule has 11 atom stereocenters. The number of hydrogen-bond acceptors (Lipinski definition) is 11. The minimum Gasteiger partial charge on any atom is -0.480 e. The molecule has 75 heavy (non-hydrogen) atoms. The summed E-state index contributed by atoms with van der Waals surface area (Å²) in [5.41, 5.74) is 12.5. The molecule has 1 aromatic rings. The number of guanidine groups is 1. The first-order chi connectivity index (χ1) is 35.2. The second-order valence-electron chi connectivity index (χ2n) is 19.8. The van der Waals surface area contributed by atoms with Crippen molar-refractivity contribution < 1.29 is 58.1 Å². The molecule has 0 bridgehead atoms. The lowest BCUT2D eigenvalue weighted by Crippen LogP contribution is -2.59. The van der Waals surface area contributed by atoms with E-state index in [1.165, 1.54) is 27.0 Å². The molecule has 1 aliphatic rings. The van der Waals surface area contributed by atoms with Crippen LogP contribution >= 0.6 is 0 Å². The molecule has 0 aliphatic carbocycles. The summed E-state index contributed by atoms with van der Waals surface area (Å²) in [6.07, 6.45) is 5.30.